The highest BCUT2D eigenvalue weighted by Gasteiger charge is 2.16. The molecule has 1 saturated heterocycles. The lowest BCUT2D eigenvalue weighted by Gasteiger charge is -2.32. The van der Waals surface area contributed by atoms with Crippen molar-refractivity contribution in [2.45, 2.75) is 19.0 Å². The number of nitrogens with zero attached hydrogens (tertiary/aromatic N) is 2. The molecular weight excluding hydrogens is 324 g/mol. The van der Waals surface area contributed by atoms with Crippen molar-refractivity contribution in [3.8, 4) is 0 Å². The van der Waals surface area contributed by atoms with Gasteiger partial charge in [-0.05, 0) is 36.7 Å². The number of amides is 1. The molecule has 0 aliphatic carbocycles. The van der Waals surface area contributed by atoms with Crippen molar-refractivity contribution >= 4 is 11.6 Å². The van der Waals surface area contributed by atoms with Gasteiger partial charge in [0.25, 0.3) is 0 Å². The van der Waals surface area contributed by atoms with Crippen LogP contribution in [0, 0.1) is 0 Å². The van der Waals surface area contributed by atoms with Crippen LogP contribution in [0.1, 0.15) is 11.1 Å². The number of nitrogens with two attached hydrogens (primary N) is 1. The van der Waals surface area contributed by atoms with E-state index in [-0.39, 0.29) is 5.91 Å². The largest absolute Gasteiger partial charge is 0.325 e. The molecule has 1 unspecified atom stereocenters. The highest BCUT2D eigenvalue weighted by molar-refractivity contribution is 5.94. The first kappa shape index (κ1) is 18.6. The number of carbonyl (C=O) groups excluding carboxylic acids is 1. The van der Waals surface area contributed by atoms with E-state index < -0.39 is 6.04 Å². The zero-order chi connectivity index (χ0) is 18.4. The first-order chi connectivity index (χ1) is 12.6. The van der Waals surface area contributed by atoms with Gasteiger partial charge in [0, 0.05) is 38.4 Å². The summed E-state index contributed by atoms with van der Waals surface area (Å²) in [6.45, 7) is 5.27. The number of carbonyl (C=O) groups is 1. The molecule has 1 aliphatic heterocycles. The van der Waals surface area contributed by atoms with E-state index in [0.717, 1.165) is 44.0 Å². The van der Waals surface area contributed by atoms with Crippen LogP contribution in [0.4, 0.5) is 5.69 Å². The number of nitrogens with one attached hydrogen (secondary N) is 1. The van der Waals surface area contributed by atoms with Crippen molar-refractivity contribution in [1.82, 2.24) is 9.80 Å². The van der Waals surface area contributed by atoms with Gasteiger partial charge in [-0.15, -0.1) is 0 Å². The minimum Gasteiger partial charge on any atom is -0.325 e. The highest BCUT2D eigenvalue weighted by Crippen LogP contribution is 2.14. The summed E-state index contributed by atoms with van der Waals surface area (Å²) in [4.78, 5) is 17.2. The summed E-state index contributed by atoms with van der Waals surface area (Å²) >= 11 is 0. The minimum atomic E-state index is -0.557. The van der Waals surface area contributed by atoms with Gasteiger partial charge in [-0.2, -0.15) is 0 Å². The Morgan fingerprint density at radius 2 is 1.73 bits per heavy atom. The fourth-order valence-corrected chi connectivity index (χ4v) is 3.21. The van der Waals surface area contributed by atoms with Gasteiger partial charge in [-0.1, -0.05) is 42.5 Å². The van der Waals surface area contributed by atoms with Crippen LogP contribution in [0.5, 0.6) is 0 Å². The number of likely N-dealkylation sites (N-methyl/N-ethyl adjacent to an activating group) is 1. The van der Waals surface area contributed by atoms with Crippen molar-refractivity contribution in [3.05, 3.63) is 65.7 Å². The van der Waals surface area contributed by atoms with Gasteiger partial charge in [-0.25, -0.2) is 0 Å². The molecule has 3 N–H and O–H groups in total. The van der Waals surface area contributed by atoms with Crippen LogP contribution in [0.3, 0.4) is 0 Å². The molecule has 26 heavy (non-hydrogen) atoms. The van der Waals surface area contributed by atoms with Gasteiger partial charge < -0.3 is 16.0 Å². The lowest BCUT2D eigenvalue weighted by atomic mass is 10.1. The van der Waals surface area contributed by atoms with Gasteiger partial charge in [0.05, 0.1) is 6.04 Å². The molecule has 0 aromatic heterocycles. The summed E-state index contributed by atoms with van der Waals surface area (Å²) in [5, 5.41) is 2.96. The SMILES string of the molecule is CN1CCN(Cc2cccc(NC(=O)C(N)Cc3ccccc3)c2)CC1. The molecule has 5 nitrogen and oxygen atoms in total. The Kier molecular flexibility index (Phi) is 6.39. The molecule has 1 aliphatic rings. The first-order valence-corrected chi connectivity index (χ1v) is 9.20. The zero-order valence-corrected chi connectivity index (χ0v) is 15.4. The van der Waals surface area contributed by atoms with Crippen LogP contribution < -0.4 is 11.1 Å². The van der Waals surface area contributed by atoms with Crippen molar-refractivity contribution in [2.24, 2.45) is 5.73 Å². The predicted molar refractivity (Wildman–Crippen MR) is 106 cm³/mol. The lowest BCUT2D eigenvalue weighted by Crippen LogP contribution is -2.43. The van der Waals surface area contributed by atoms with Crippen LogP contribution in [0.2, 0.25) is 0 Å². The van der Waals surface area contributed by atoms with Gasteiger partial charge in [-0.3, -0.25) is 9.69 Å². The predicted octanol–water partition coefficient (Wildman–Crippen LogP) is 1.94. The summed E-state index contributed by atoms with van der Waals surface area (Å²) in [7, 11) is 2.16. The lowest BCUT2D eigenvalue weighted by molar-refractivity contribution is -0.117. The van der Waals surface area contributed by atoms with Crippen LogP contribution in [-0.2, 0) is 17.8 Å². The van der Waals surface area contributed by atoms with Crippen LogP contribution in [-0.4, -0.2) is 55.0 Å². The van der Waals surface area contributed by atoms with Crippen LogP contribution in [0.25, 0.3) is 0 Å². The van der Waals surface area contributed by atoms with E-state index in [2.05, 4.69) is 28.2 Å². The fourth-order valence-electron chi connectivity index (χ4n) is 3.21. The second-order valence-corrected chi connectivity index (χ2v) is 7.07. The molecule has 1 heterocycles. The van der Waals surface area contributed by atoms with E-state index in [4.69, 9.17) is 5.73 Å². The fraction of sp³-hybridized carbons (Fsp3) is 0.381. The molecule has 0 radical (unpaired) electrons. The monoisotopic (exact) mass is 352 g/mol. The second-order valence-electron chi connectivity index (χ2n) is 7.07. The van der Waals surface area contributed by atoms with Gasteiger partial charge in [0.15, 0.2) is 0 Å². The Morgan fingerprint density at radius 1 is 1.04 bits per heavy atom. The number of anilines is 1. The van der Waals surface area contributed by atoms with Crippen molar-refractivity contribution < 1.29 is 4.79 Å². The van der Waals surface area contributed by atoms with Gasteiger partial charge >= 0.3 is 0 Å². The average Bonchev–Trinajstić information content (AvgIpc) is 2.65. The molecule has 138 valence electrons. The van der Waals surface area contributed by atoms with E-state index in [0.29, 0.717) is 6.42 Å². The number of hydrogen-bond acceptors (Lipinski definition) is 4. The van der Waals surface area contributed by atoms with Crippen LogP contribution >= 0.6 is 0 Å². The maximum absolute atomic E-state index is 12.4. The smallest absolute Gasteiger partial charge is 0.241 e. The first-order valence-electron chi connectivity index (χ1n) is 9.20. The third-order valence-corrected chi connectivity index (χ3v) is 4.83. The number of benzene rings is 2. The Bertz CT molecular complexity index is 711. The van der Waals surface area contributed by atoms with Gasteiger partial charge in [0.1, 0.15) is 0 Å². The molecular formula is C21H28N4O. The summed E-state index contributed by atoms with van der Waals surface area (Å²) in [6, 6.07) is 17.4. The Morgan fingerprint density at radius 3 is 2.46 bits per heavy atom. The number of piperazine rings is 1. The zero-order valence-electron chi connectivity index (χ0n) is 15.4. The summed E-state index contributed by atoms with van der Waals surface area (Å²) in [5.74, 6) is -0.148. The van der Waals surface area contributed by atoms with Crippen molar-refractivity contribution in [2.75, 3.05) is 38.5 Å². The molecule has 1 fully saturated rings. The molecule has 0 spiro atoms. The third-order valence-electron chi connectivity index (χ3n) is 4.83. The summed E-state index contributed by atoms with van der Waals surface area (Å²) in [6.07, 6.45) is 0.535. The molecule has 0 saturated carbocycles. The Labute approximate surface area is 155 Å². The maximum atomic E-state index is 12.4. The topological polar surface area (TPSA) is 61.6 Å². The highest BCUT2D eigenvalue weighted by atomic mass is 16.2. The minimum absolute atomic E-state index is 0.148. The van der Waals surface area contributed by atoms with Gasteiger partial charge in [0.2, 0.25) is 5.91 Å². The number of rotatable bonds is 6. The van der Waals surface area contributed by atoms with E-state index in [1.807, 2.05) is 48.5 Å². The maximum Gasteiger partial charge on any atom is 0.241 e. The second kappa shape index (κ2) is 8.94. The third kappa shape index (κ3) is 5.39. The van der Waals surface area contributed by atoms with E-state index >= 15 is 0 Å². The molecule has 5 heteroatoms. The Hall–Kier alpha value is -2.21. The average molecular weight is 352 g/mol. The van der Waals surface area contributed by atoms with E-state index in [9.17, 15) is 4.79 Å². The molecule has 0 bridgehead atoms. The molecule has 2 aromatic carbocycles. The summed E-state index contributed by atoms with van der Waals surface area (Å²) in [5.41, 5.74) is 9.16. The van der Waals surface area contributed by atoms with E-state index in [1.54, 1.807) is 0 Å². The van der Waals surface area contributed by atoms with E-state index in [1.165, 1.54) is 5.56 Å². The Balaban J connectivity index is 1.55. The quantitative estimate of drug-likeness (QED) is 0.834. The molecule has 1 amide bonds. The molecule has 2 aromatic rings. The van der Waals surface area contributed by atoms with Crippen LogP contribution in [0.15, 0.2) is 54.6 Å². The standard InChI is InChI=1S/C21H28N4O/c1-24-10-12-25(13-11-24)16-18-8-5-9-19(14-18)23-21(26)20(22)15-17-6-3-2-4-7-17/h2-9,14,20H,10-13,15-16,22H2,1H3,(H,23,26). The van der Waals surface area contributed by atoms with Crippen molar-refractivity contribution in [1.29, 1.82) is 0 Å². The summed E-state index contributed by atoms with van der Waals surface area (Å²) < 4.78 is 0. The molecule has 3 rings (SSSR count). The van der Waals surface area contributed by atoms with Crippen molar-refractivity contribution in [3.63, 3.8) is 0 Å². The molecule has 1 atom stereocenters. The normalized spacial score (nSPS) is 17.0. The number of hydrogen-bond donors (Lipinski definition) is 2.